The van der Waals surface area contributed by atoms with E-state index in [1.807, 2.05) is 0 Å². The Labute approximate surface area is 54.2 Å². The van der Waals surface area contributed by atoms with E-state index in [0.717, 1.165) is 0 Å². The second kappa shape index (κ2) is 4.06. The minimum absolute atomic E-state index is 0.0515. The smallest absolute Gasteiger partial charge is 0.238 e. The molecule has 0 aliphatic heterocycles. The molecule has 0 atom stereocenters. The Morgan fingerprint density at radius 1 is 1.33 bits per heavy atom. The van der Waals surface area contributed by atoms with E-state index in [9.17, 15) is 9.59 Å². The number of ketones is 1. The molecule has 0 aliphatic rings. The van der Waals surface area contributed by atoms with Crippen LogP contribution in [0.25, 0.3) is 0 Å². The molecule has 3 heteroatoms. The fourth-order valence-electron chi connectivity index (χ4n) is 0.430. The molecule has 0 unspecified atom stereocenters. The number of hydrogen-bond acceptors (Lipinski definition) is 2. The summed E-state index contributed by atoms with van der Waals surface area (Å²) in [5.74, 6) is -0.604. The van der Waals surface area contributed by atoms with E-state index < -0.39 is 5.91 Å². The first-order valence-corrected chi connectivity index (χ1v) is 2.93. The summed E-state index contributed by atoms with van der Waals surface area (Å²) in [7, 11) is 0. The van der Waals surface area contributed by atoms with Gasteiger partial charge in [0.1, 0.15) is 5.78 Å². The molecule has 0 saturated heterocycles. The minimum atomic E-state index is -0.656. The van der Waals surface area contributed by atoms with Crippen LogP contribution in [0.15, 0.2) is 0 Å². The number of rotatable bonds is 4. The first-order valence-electron chi connectivity index (χ1n) is 2.93. The molecule has 3 nitrogen and oxygen atoms in total. The molecule has 0 aromatic carbocycles. The lowest BCUT2D eigenvalue weighted by Gasteiger charge is -1.90. The highest BCUT2D eigenvalue weighted by Crippen LogP contribution is 1.92. The fraction of sp³-hybridized carbons (Fsp3) is 0.667. The number of hydrogen-bond donors (Lipinski definition) is 0. The lowest BCUT2D eigenvalue weighted by Crippen LogP contribution is -2.02. The number of carbonyl (C=O) groups excluding carboxylic acids is 2. The normalized spacial score (nSPS) is 9.00. The van der Waals surface area contributed by atoms with E-state index in [-0.39, 0.29) is 18.6 Å². The van der Waals surface area contributed by atoms with E-state index >= 15 is 0 Å². The molecular formula is C6H10NO2. The van der Waals surface area contributed by atoms with Crippen molar-refractivity contribution in [3.63, 3.8) is 0 Å². The van der Waals surface area contributed by atoms with Crippen molar-refractivity contribution in [2.75, 3.05) is 0 Å². The second-order valence-electron chi connectivity index (χ2n) is 1.82. The van der Waals surface area contributed by atoms with Gasteiger partial charge in [-0.25, -0.2) is 0 Å². The largest absolute Gasteiger partial charge is 0.300 e. The molecule has 0 aromatic heterocycles. The number of amides is 1. The molecule has 0 aliphatic carbocycles. The van der Waals surface area contributed by atoms with Crippen LogP contribution in [0.5, 0.6) is 0 Å². The first kappa shape index (κ1) is 8.14. The van der Waals surface area contributed by atoms with Crippen LogP contribution in [0.2, 0.25) is 0 Å². The van der Waals surface area contributed by atoms with Crippen molar-refractivity contribution < 1.29 is 9.59 Å². The summed E-state index contributed by atoms with van der Waals surface area (Å²) in [5.41, 5.74) is 6.45. The molecule has 51 valence electrons. The SMILES string of the molecule is CCC(=O)CCC([NH])=O. The number of Topliss-reactive ketones (excluding diaryl/α,β-unsaturated/α-hetero) is 1. The monoisotopic (exact) mass is 128 g/mol. The van der Waals surface area contributed by atoms with Gasteiger partial charge in [0.15, 0.2) is 0 Å². The zero-order chi connectivity index (χ0) is 7.28. The molecule has 1 amide bonds. The van der Waals surface area contributed by atoms with Gasteiger partial charge in [0.25, 0.3) is 0 Å². The Bertz CT molecular complexity index is 120. The molecular weight excluding hydrogens is 118 g/mol. The Kier molecular flexibility index (Phi) is 3.67. The lowest BCUT2D eigenvalue weighted by molar-refractivity contribution is -0.123. The standard InChI is InChI=1S/C6H10NO2/c1-2-5(8)3-4-6(7)9/h7H,2-4H2,1H3. The quantitative estimate of drug-likeness (QED) is 0.555. The zero-order valence-electron chi connectivity index (χ0n) is 5.44. The van der Waals surface area contributed by atoms with Gasteiger partial charge in [0, 0.05) is 19.3 Å². The van der Waals surface area contributed by atoms with Crippen LogP contribution < -0.4 is 5.73 Å². The Hall–Kier alpha value is -0.860. The molecule has 0 spiro atoms. The highest BCUT2D eigenvalue weighted by molar-refractivity contribution is 5.83. The van der Waals surface area contributed by atoms with Gasteiger partial charge in [0.05, 0.1) is 0 Å². The van der Waals surface area contributed by atoms with Gasteiger partial charge < -0.3 is 0 Å². The van der Waals surface area contributed by atoms with Gasteiger partial charge >= 0.3 is 0 Å². The van der Waals surface area contributed by atoms with Crippen LogP contribution in [0.4, 0.5) is 0 Å². The average molecular weight is 128 g/mol. The third-order valence-electron chi connectivity index (χ3n) is 1.03. The molecule has 0 bridgehead atoms. The van der Waals surface area contributed by atoms with Gasteiger partial charge in [-0.2, -0.15) is 0 Å². The first-order chi connectivity index (χ1) is 4.16. The summed E-state index contributed by atoms with van der Waals surface area (Å²) < 4.78 is 0. The third-order valence-corrected chi connectivity index (χ3v) is 1.03. The maximum absolute atomic E-state index is 10.5. The van der Waals surface area contributed by atoms with Crippen molar-refractivity contribution >= 4 is 11.7 Å². The van der Waals surface area contributed by atoms with E-state index in [1.54, 1.807) is 6.92 Å². The summed E-state index contributed by atoms with van der Waals surface area (Å²) >= 11 is 0. The number of nitrogens with one attached hydrogen (secondary N) is 1. The van der Waals surface area contributed by atoms with E-state index in [2.05, 4.69) is 0 Å². The molecule has 0 saturated carbocycles. The van der Waals surface area contributed by atoms with Crippen molar-refractivity contribution in [2.45, 2.75) is 26.2 Å². The highest BCUT2D eigenvalue weighted by atomic mass is 16.1. The minimum Gasteiger partial charge on any atom is -0.300 e. The van der Waals surface area contributed by atoms with Crippen molar-refractivity contribution in [3.05, 3.63) is 0 Å². The van der Waals surface area contributed by atoms with Crippen LogP contribution in [0, 0.1) is 0 Å². The Morgan fingerprint density at radius 2 is 1.89 bits per heavy atom. The van der Waals surface area contributed by atoms with Crippen LogP contribution in [0.1, 0.15) is 26.2 Å². The molecule has 0 rings (SSSR count). The van der Waals surface area contributed by atoms with Crippen molar-refractivity contribution in [1.29, 1.82) is 0 Å². The molecule has 0 fully saturated rings. The van der Waals surface area contributed by atoms with Crippen LogP contribution in [0.3, 0.4) is 0 Å². The molecule has 0 heterocycles. The van der Waals surface area contributed by atoms with Crippen molar-refractivity contribution in [2.24, 2.45) is 0 Å². The van der Waals surface area contributed by atoms with E-state index in [0.29, 0.717) is 6.42 Å². The van der Waals surface area contributed by atoms with Crippen LogP contribution in [-0.2, 0) is 9.59 Å². The predicted molar refractivity (Wildman–Crippen MR) is 32.6 cm³/mol. The number of carbonyl (C=O) groups is 2. The van der Waals surface area contributed by atoms with Crippen LogP contribution in [-0.4, -0.2) is 11.7 Å². The van der Waals surface area contributed by atoms with Gasteiger partial charge in [-0.15, -0.1) is 0 Å². The van der Waals surface area contributed by atoms with Crippen molar-refractivity contribution in [3.8, 4) is 0 Å². The third kappa shape index (κ3) is 5.00. The molecule has 9 heavy (non-hydrogen) atoms. The van der Waals surface area contributed by atoms with Gasteiger partial charge in [-0.05, 0) is 0 Å². The summed E-state index contributed by atoms with van der Waals surface area (Å²) in [5, 5.41) is 0. The second-order valence-corrected chi connectivity index (χ2v) is 1.82. The maximum Gasteiger partial charge on any atom is 0.238 e. The van der Waals surface area contributed by atoms with E-state index in [4.69, 9.17) is 5.73 Å². The zero-order valence-corrected chi connectivity index (χ0v) is 5.44. The summed E-state index contributed by atoms with van der Waals surface area (Å²) in [6.45, 7) is 1.75. The summed E-state index contributed by atoms with van der Waals surface area (Å²) in [6, 6.07) is 0. The molecule has 1 N–H and O–H groups in total. The van der Waals surface area contributed by atoms with Crippen LogP contribution >= 0.6 is 0 Å². The molecule has 1 radical (unpaired) electrons. The van der Waals surface area contributed by atoms with Gasteiger partial charge in [-0.1, -0.05) is 6.92 Å². The lowest BCUT2D eigenvalue weighted by atomic mass is 10.2. The predicted octanol–water partition coefficient (Wildman–Crippen LogP) is 0.555. The average Bonchev–Trinajstić information content (AvgIpc) is 1.83. The Morgan fingerprint density at radius 3 is 2.22 bits per heavy atom. The Balaban J connectivity index is 3.28. The maximum atomic E-state index is 10.5. The highest BCUT2D eigenvalue weighted by Gasteiger charge is 2.00. The van der Waals surface area contributed by atoms with Crippen molar-refractivity contribution in [1.82, 2.24) is 5.73 Å². The summed E-state index contributed by atoms with van der Waals surface area (Å²) in [4.78, 5) is 20.5. The van der Waals surface area contributed by atoms with E-state index in [1.165, 1.54) is 0 Å². The van der Waals surface area contributed by atoms with Gasteiger partial charge in [-0.3, -0.25) is 15.3 Å². The fourth-order valence-corrected chi connectivity index (χ4v) is 0.430. The molecule has 0 aromatic rings. The van der Waals surface area contributed by atoms with Gasteiger partial charge in [0.2, 0.25) is 5.91 Å². The summed E-state index contributed by atoms with van der Waals surface area (Å²) in [6.07, 6.45) is 0.777. The topological polar surface area (TPSA) is 57.9 Å².